The zero-order valence-corrected chi connectivity index (χ0v) is 25.1. The number of aromatic nitrogens is 1. The molecule has 0 radical (unpaired) electrons. The van der Waals surface area contributed by atoms with Crippen LogP contribution in [0.1, 0.15) is 28.4 Å². The Balaban J connectivity index is 1.11. The van der Waals surface area contributed by atoms with Crippen molar-refractivity contribution in [2.75, 3.05) is 41.8 Å². The molecule has 3 aliphatic heterocycles. The van der Waals surface area contributed by atoms with Crippen molar-refractivity contribution in [3.05, 3.63) is 112 Å². The average Bonchev–Trinajstić information content (AvgIpc) is 3.05. The molecule has 45 heavy (non-hydrogen) atoms. The monoisotopic (exact) mass is 625 g/mol. The van der Waals surface area contributed by atoms with Gasteiger partial charge in [-0.25, -0.2) is 4.79 Å². The van der Waals surface area contributed by atoms with Crippen molar-refractivity contribution < 1.29 is 19.1 Å². The Kier molecular flexibility index (Phi) is 7.81. The summed E-state index contributed by atoms with van der Waals surface area (Å²) in [4.78, 5) is 41.3. The number of benzene rings is 3. The molecule has 10 nitrogen and oxygen atoms in total. The van der Waals surface area contributed by atoms with Gasteiger partial charge in [-0.3, -0.25) is 9.59 Å². The number of para-hydroxylation sites is 2. The minimum absolute atomic E-state index is 0.0293. The summed E-state index contributed by atoms with van der Waals surface area (Å²) in [7, 11) is 0. The lowest BCUT2D eigenvalue weighted by atomic mass is 9.83. The van der Waals surface area contributed by atoms with Gasteiger partial charge in [-0.1, -0.05) is 29.8 Å². The van der Waals surface area contributed by atoms with Crippen LogP contribution in [-0.4, -0.2) is 48.9 Å². The number of nitrogens with zero attached hydrogens (tertiary/aromatic N) is 2. The first-order chi connectivity index (χ1) is 21.9. The summed E-state index contributed by atoms with van der Waals surface area (Å²) >= 11 is 6.00. The molecule has 0 saturated carbocycles. The number of nitrogens with one attached hydrogen (secondary N) is 3. The van der Waals surface area contributed by atoms with Crippen molar-refractivity contribution in [1.82, 2.24) is 9.88 Å². The second-order valence-electron chi connectivity index (χ2n) is 11.6. The standard InChI is InChI=1S/C34H32ClN5O5/c35-24-9-11-25(12-10-24)37-34(43)38-27-15-22(33(42)36-16-26-20-44-30-5-1-2-6-31(30)45-26)8-13-29(27)39-17-21-14-23(19-39)28-4-3-7-32(41)40(28)18-21/h1-13,15,21,23,26H,14,16-20H2,(H,36,42)(H2,37,38,43)/t21-,23+,26-/m1/s1. The zero-order valence-electron chi connectivity index (χ0n) is 24.4. The number of halogens is 1. The van der Waals surface area contributed by atoms with Crippen molar-refractivity contribution >= 4 is 40.6 Å². The normalized spacial score (nSPS) is 19.7. The molecule has 1 aromatic heterocycles. The second-order valence-corrected chi connectivity index (χ2v) is 12.1. The Morgan fingerprint density at radius 3 is 2.56 bits per heavy atom. The molecule has 4 heterocycles. The van der Waals surface area contributed by atoms with Crippen molar-refractivity contribution in [3.8, 4) is 11.5 Å². The van der Waals surface area contributed by atoms with Crippen LogP contribution in [0.3, 0.4) is 0 Å². The molecule has 1 fully saturated rings. The van der Waals surface area contributed by atoms with Crippen molar-refractivity contribution in [3.63, 3.8) is 0 Å². The number of urea groups is 1. The third kappa shape index (κ3) is 6.19. The smallest absolute Gasteiger partial charge is 0.323 e. The van der Waals surface area contributed by atoms with Crippen LogP contribution < -0.4 is 35.9 Å². The number of anilines is 3. The number of fused-ring (bicyclic) bond motifs is 5. The van der Waals surface area contributed by atoms with Gasteiger partial charge in [0, 0.05) is 53.6 Å². The number of pyridine rings is 1. The minimum atomic E-state index is -0.448. The third-order valence-corrected chi connectivity index (χ3v) is 8.74. The van der Waals surface area contributed by atoms with E-state index in [1.54, 1.807) is 42.5 Å². The van der Waals surface area contributed by atoms with Gasteiger partial charge in [-0.05, 0) is 73.0 Å². The highest BCUT2D eigenvalue weighted by atomic mass is 35.5. The van der Waals surface area contributed by atoms with E-state index in [2.05, 4.69) is 20.9 Å². The van der Waals surface area contributed by atoms with Gasteiger partial charge >= 0.3 is 6.03 Å². The van der Waals surface area contributed by atoms with E-state index in [1.807, 2.05) is 47.0 Å². The summed E-state index contributed by atoms with van der Waals surface area (Å²) in [6.07, 6.45) is 0.659. The molecule has 3 amide bonds. The van der Waals surface area contributed by atoms with Crippen LogP contribution in [0.25, 0.3) is 0 Å². The second kappa shape index (κ2) is 12.2. The largest absolute Gasteiger partial charge is 0.486 e. The van der Waals surface area contributed by atoms with Gasteiger partial charge < -0.3 is 34.9 Å². The Morgan fingerprint density at radius 2 is 1.71 bits per heavy atom. The molecule has 3 aromatic carbocycles. The van der Waals surface area contributed by atoms with E-state index in [4.69, 9.17) is 21.1 Å². The van der Waals surface area contributed by atoms with Gasteiger partial charge in [-0.2, -0.15) is 0 Å². The summed E-state index contributed by atoms with van der Waals surface area (Å²) < 4.78 is 13.6. The zero-order chi connectivity index (χ0) is 30.9. The topological polar surface area (TPSA) is 114 Å². The number of carbonyl (C=O) groups excluding carboxylic acids is 2. The quantitative estimate of drug-likeness (QED) is 0.267. The molecular weight excluding hydrogens is 594 g/mol. The highest BCUT2D eigenvalue weighted by Gasteiger charge is 2.35. The van der Waals surface area contributed by atoms with E-state index in [9.17, 15) is 14.4 Å². The van der Waals surface area contributed by atoms with Gasteiger partial charge in [0.25, 0.3) is 11.5 Å². The van der Waals surface area contributed by atoms with Crippen LogP contribution in [0.15, 0.2) is 89.7 Å². The number of ether oxygens (including phenoxy) is 2. The molecule has 0 aliphatic carbocycles. The Hall–Kier alpha value is -4.96. The first-order valence-corrected chi connectivity index (χ1v) is 15.4. The van der Waals surface area contributed by atoms with Crippen molar-refractivity contribution in [2.24, 2.45) is 5.92 Å². The predicted molar refractivity (Wildman–Crippen MR) is 173 cm³/mol. The van der Waals surface area contributed by atoms with Crippen LogP contribution in [-0.2, 0) is 6.54 Å². The van der Waals surface area contributed by atoms with E-state index in [-0.39, 0.29) is 36.0 Å². The Labute approximate surface area is 264 Å². The number of hydrogen-bond donors (Lipinski definition) is 3. The van der Waals surface area contributed by atoms with E-state index in [0.29, 0.717) is 53.2 Å². The van der Waals surface area contributed by atoms with E-state index >= 15 is 0 Å². The fourth-order valence-electron chi connectivity index (χ4n) is 6.44. The van der Waals surface area contributed by atoms with Crippen LogP contribution >= 0.6 is 11.6 Å². The minimum Gasteiger partial charge on any atom is -0.486 e. The van der Waals surface area contributed by atoms with Gasteiger partial charge in [0.05, 0.1) is 17.9 Å². The first-order valence-electron chi connectivity index (χ1n) is 15.0. The molecular formula is C34H32ClN5O5. The molecule has 3 atom stereocenters. The third-order valence-electron chi connectivity index (χ3n) is 8.49. The molecule has 7 rings (SSSR count). The average molecular weight is 626 g/mol. The molecule has 2 bridgehead atoms. The van der Waals surface area contributed by atoms with Crippen LogP contribution in [0.4, 0.5) is 21.9 Å². The Bertz CT molecular complexity index is 1810. The van der Waals surface area contributed by atoms with Gasteiger partial charge in [0.2, 0.25) is 0 Å². The van der Waals surface area contributed by atoms with Crippen molar-refractivity contribution in [1.29, 1.82) is 0 Å². The number of hydrogen-bond acceptors (Lipinski definition) is 6. The van der Waals surface area contributed by atoms with E-state index in [0.717, 1.165) is 24.3 Å². The molecule has 230 valence electrons. The summed E-state index contributed by atoms with van der Waals surface area (Å²) in [6, 6.07) is 24.6. The summed E-state index contributed by atoms with van der Waals surface area (Å²) in [5.74, 6) is 1.48. The predicted octanol–water partition coefficient (Wildman–Crippen LogP) is 5.34. The molecule has 4 aromatic rings. The summed E-state index contributed by atoms with van der Waals surface area (Å²) in [5, 5.41) is 9.32. The highest BCUT2D eigenvalue weighted by molar-refractivity contribution is 6.30. The number of piperidine rings is 1. The SMILES string of the molecule is O=C(Nc1ccc(Cl)cc1)Nc1cc(C(=O)NC[C@@H]2COc3ccccc3O2)ccc1N1C[C@H]2C[C@@H](C1)c1cccc(=O)n1C2. The van der Waals surface area contributed by atoms with Gasteiger partial charge in [-0.15, -0.1) is 0 Å². The lowest BCUT2D eigenvalue weighted by Crippen LogP contribution is -2.47. The summed E-state index contributed by atoms with van der Waals surface area (Å²) in [6.45, 7) is 2.62. The maximum absolute atomic E-state index is 13.3. The number of carbonyl (C=O) groups is 2. The van der Waals surface area contributed by atoms with Crippen molar-refractivity contribution in [2.45, 2.75) is 25.0 Å². The first kappa shape index (κ1) is 28.8. The fraction of sp³-hybridized carbons (Fsp3) is 0.265. The lowest BCUT2D eigenvalue weighted by Gasteiger charge is -2.44. The van der Waals surface area contributed by atoms with E-state index in [1.165, 1.54) is 0 Å². The summed E-state index contributed by atoms with van der Waals surface area (Å²) in [5.41, 5.74) is 3.35. The highest BCUT2D eigenvalue weighted by Crippen LogP contribution is 2.39. The van der Waals surface area contributed by atoms with Gasteiger partial charge in [0.15, 0.2) is 11.5 Å². The van der Waals surface area contributed by atoms with Crippen LogP contribution in [0, 0.1) is 5.92 Å². The van der Waals surface area contributed by atoms with Gasteiger partial charge in [0.1, 0.15) is 12.7 Å². The van der Waals surface area contributed by atoms with Crippen LogP contribution in [0.5, 0.6) is 11.5 Å². The van der Waals surface area contributed by atoms with E-state index < -0.39 is 6.03 Å². The molecule has 0 unspecified atom stereocenters. The fourth-order valence-corrected chi connectivity index (χ4v) is 6.56. The molecule has 0 spiro atoms. The molecule has 11 heteroatoms. The number of amides is 3. The molecule has 3 N–H and O–H groups in total. The lowest BCUT2D eigenvalue weighted by molar-refractivity contribution is 0.0789. The number of rotatable bonds is 6. The maximum Gasteiger partial charge on any atom is 0.323 e. The molecule has 3 aliphatic rings. The Morgan fingerprint density at radius 1 is 0.889 bits per heavy atom. The van der Waals surface area contributed by atoms with Crippen LogP contribution in [0.2, 0.25) is 5.02 Å². The maximum atomic E-state index is 13.3. The molecule has 1 saturated heterocycles.